The smallest absolute Gasteiger partial charge is 0.271 e. The maximum absolute atomic E-state index is 11.8. The lowest BCUT2D eigenvalue weighted by atomic mass is 10.1. The lowest BCUT2D eigenvalue weighted by Gasteiger charge is -2.09. The van der Waals surface area contributed by atoms with Gasteiger partial charge in [0.25, 0.3) is 5.91 Å². The van der Waals surface area contributed by atoms with E-state index in [1.54, 1.807) is 12.1 Å². The summed E-state index contributed by atoms with van der Waals surface area (Å²) < 4.78 is 5.27. The van der Waals surface area contributed by atoms with Crippen LogP contribution in [0.5, 0.6) is 0 Å². The first-order valence-corrected chi connectivity index (χ1v) is 6.60. The van der Waals surface area contributed by atoms with Gasteiger partial charge >= 0.3 is 0 Å². The van der Waals surface area contributed by atoms with Crippen LogP contribution in [0.25, 0.3) is 0 Å². The molecule has 1 atom stereocenters. The summed E-state index contributed by atoms with van der Waals surface area (Å²) in [5.74, 6) is 0.245. The molecular weight excluding hydrogens is 275 g/mol. The number of amides is 1. The fraction of sp³-hybridized carbons (Fsp3) is 0.500. The van der Waals surface area contributed by atoms with Gasteiger partial charge in [-0.1, -0.05) is 23.2 Å². The molecule has 1 aliphatic rings. The first kappa shape index (κ1) is 13.6. The number of nitrogens with zero attached hydrogens (tertiary/aromatic N) is 1. The third-order valence-electron chi connectivity index (χ3n) is 2.89. The molecule has 1 aromatic heterocycles. The minimum Gasteiger partial charge on any atom is -0.381 e. The second kappa shape index (κ2) is 6.36. The summed E-state index contributed by atoms with van der Waals surface area (Å²) in [6, 6.07) is 3.12. The minimum absolute atomic E-state index is 0.173. The molecule has 0 spiro atoms. The van der Waals surface area contributed by atoms with Crippen LogP contribution < -0.4 is 5.32 Å². The number of carbonyl (C=O) groups is 1. The van der Waals surface area contributed by atoms with Crippen LogP contribution in [0.4, 0.5) is 0 Å². The van der Waals surface area contributed by atoms with Gasteiger partial charge in [0, 0.05) is 19.8 Å². The van der Waals surface area contributed by atoms with Crippen LogP contribution in [-0.2, 0) is 4.74 Å². The highest BCUT2D eigenvalue weighted by Crippen LogP contribution is 2.17. The van der Waals surface area contributed by atoms with Crippen LogP contribution in [0.15, 0.2) is 12.1 Å². The average Bonchev–Trinajstić information content (AvgIpc) is 2.85. The van der Waals surface area contributed by atoms with E-state index in [2.05, 4.69) is 10.3 Å². The molecule has 1 amide bonds. The summed E-state index contributed by atoms with van der Waals surface area (Å²) in [4.78, 5) is 15.8. The van der Waals surface area contributed by atoms with E-state index in [0.717, 1.165) is 26.1 Å². The van der Waals surface area contributed by atoms with Crippen molar-refractivity contribution in [3.63, 3.8) is 0 Å². The number of hydrogen-bond acceptors (Lipinski definition) is 3. The third kappa shape index (κ3) is 3.57. The zero-order valence-electron chi connectivity index (χ0n) is 9.79. The first-order chi connectivity index (χ1) is 8.66. The Bertz CT molecular complexity index is 434. The Labute approximate surface area is 116 Å². The normalized spacial score (nSPS) is 18.9. The van der Waals surface area contributed by atoms with Crippen molar-refractivity contribution in [2.45, 2.75) is 12.8 Å². The van der Waals surface area contributed by atoms with Gasteiger partial charge in [-0.3, -0.25) is 4.79 Å². The zero-order chi connectivity index (χ0) is 13.0. The number of hydrogen-bond donors (Lipinski definition) is 1. The topological polar surface area (TPSA) is 51.2 Å². The molecule has 0 aromatic carbocycles. The molecule has 1 N–H and O–H groups in total. The molecule has 2 heterocycles. The Balaban J connectivity index is 1.85. The summed E-state index contributed by atoms with van der Waals surface area (Å²) in [5, 5.41) is 3.36. The molecule has 1 aliphatic heterocycles. The Morgan fingerprint density at radius 1 is 1.50 bits per heavy atom. The van der Waals surface area contributed by atoms with Crippen molar-refractivity contribution in [3.8, 4) is 0 Å². The molecule has 98 valence electrons. The summed E-state index contributed by atoms with van der Waals surface area (Å²) in [6.45, 7) is 2.20. The highest BCUT2D eigenvalue weighted by molar-refractivity contribution is 6.34. The average molecular weight is 289 g/mol. The van der Waals surface area contributed by atoms with E-state index in [4.69, 9.17) is 27.9 Å². The van der Waals surface area contributed by atoms with Gasteiger partial charge in [0.2, 0.25) is 0 Å². The number of carbonyl (C=O) groups excluding carboxylic acids is 1. The summed E-state index contributed by atoms with van der Waals surface area (Å²) in [7, 11) is 0. The Morgan fingerprint density at radius 3 is 3.06 bits per heavy atom. The molecule has 0 radical (unpaired) electrons. The molecule has 6 heteroatoms. The van der Waals surface area contributed by atoms with E-state index in [9.17, 15) is 4.79 Å². The predicted molar refractivity (Wildman–Crippen MR) is 70.1 cm³/mol. The van der Waals surface area contributed by atoms with Crippen molar-refractivity contribution >= 4 is 29.1 Å². The fourth-order valence-electron chi connectivity index (χ4n) is 1.86. The molecule has 0 bridgehead atoms. The number of halogens is 2. The Kier molecular flexibility index (Phi) is 4.80. The maximum atomic E-state index is 11.8. The Hall–Kier alpha value is -0.840. The van der Waals surface area contributed by atoms with Crippen molar-refractivity contribution in [3.05, 3.63) is 28.0 Å². The fourth-order valence-corrected chi connectivity index (χ4v) is 2.20. The van der Waals surface area contributed by atoms with Crippen LogP contribution in [0.3, 0.4) is 0 Å². The summed E-state index contributed by atoms with van der Waals surface area (Å²) >= 11 is 11.6. The van der Waals surface area contributed by atoms with Gasteiger partial charge in [-0.2, -0.15) is 0 Å². The maximum Gasteiger partial charge on any atom is 0.271 e. The van der Waals surface area contributed by atoms with Gasteiger partial charge in [-0.15, -0.1) is 0 Å². The van der Waals surface area contributed by atoms with Crippen LogP contribution in [-0.4, -0.2) is 30.6 Å². The first-order valence-electron chi connectivity index (χ1n) is 5.85. The van der Waals surface area contributed by atoms with Gasteiger partial charge in [0.1, 0.15) is 10.8 Å². The highest BCUT2D eigenvalue weighted by Gasteiger charge is 2.17. The van der Waals surface area contributed by atoms with E-state index in [0.29, 0.717) is 17.5 Å². The zero-order valence-corrected chi connectivity index (χ0v) is 11.3. The van der Waals surface area contributed by atoms with Gasteiger partial charge in [-0.25, -0.2) is 4.98 Å². The van der Waals surface area contributed by atoms with E-state index in [-0.39, 0.29) is 16.8 Å². The largest absolute Gasteiger partial charge is 0.381 e. The second-order valence-corrected chi connectivity index (χ2v) is 5.03. The number of rotatable bonds is 4. The molecule has 18 heavy (non-hydrogen) atoms. The molecule has 0 aliphatic carbocycles. The number of ether oxygens (including phenoxy) is 1. The minimum atomic E-state index is -0.290. The SMILES string of the molecule is O=C(NCCC1CCOC1)c1nc(Cl)ccc1Cl. The van der Waals surface area contributed by atoms with Gasteiger partial charge in [0.15, 0.2) is 0 Å². The van der Waals surface area contributed by atoms with Crippen molar-refractivity contribution < 1.29 is 9.53 Å². The van der Waals surface area contributed by atoms with Crippen LogP contribution in [0, 0.1) is 5.92 Å². The highest BCUT2D eigenvalue weighted by atomic mass is 35.5. The predicted octanol–water partition coefficient (Wildman–Crippen LogP) is 2.54. The molecule has 0 saturated carbocycles. The number of pyridine rings is 1. The molecule has 1 saturated heterocycles. The van der Waals surface area contributed by atoms with E-state index >= 15 is 0 Å². The third-order valence-corrected chi connectivity index (χ3v) is 3.40. The van der Waals surface area contributed by atoms with E-state index in [1.165, 1.54) is 0 Å². The standard InChI is InChI=1S/C12H14Cl2N2O2/c13-9-1-2-10(14)16-11(9)12(17)15-5-3-8-4-6-18-7-8/h1-2,8H,3-7H2,(H,15,17). The second-order valence-electron chi connectivity index (χ2n) is 4.24. The van der Waals surface area contributed by atoms with E-state index < -0.39 is 0 Å². The lowest BCUT2D eigenvalue weighted by Crippen LogP contribution is -2.27. The summed E-state index contributed by atoms with van der Waals surface area (Å²) in [6.07, 6.45) is 1.97. The van der Waals surface area contributed by atoms with Crippen molar-refractivity contribution in [2.75, 3.05) is 19.8 Å². The van der Waals surface area contributed by atoms with Gasteiger partial charge in [-0.05, 0) is 30.9 Å². The van der Waals surface area contributed by atoms with Crippen LogP contribution in [0.1, 0.15) is 23.3 Å². The van der Waals surface area contributed by atoms with Gasteiger partial charge in [0.05, 0.1) is 5.02 Å². The lowest BCUT2D eigenvalue weighted by molar-refractivity contribution is 0.0945. The van der Waals surface area contributed by atoms with Crippen molar-refractivity contribution in [2.24, 2.45) is 5.92 Å². The van der Waals surface area contributed by atoms with E-state index in [1.807, 2.05) is 0 Å². The van der Waals surface area contributed by atoms with Crippen LogP contribution in [0.2, 0.25) is 10.2 Å². The number of nitrogens with one attached hydrogen (secondary N) is 1. The van der Waals surface area contributed by atoms with Crippen molar-refractivity contribution in [1.82, 2.24) is 10.3 Å². The molecular formula is C12H14Cl2N2O2. The molecule has 2 rings (SSSR count). The van der Waals surface area contributed by atoms with Gasteiger partial charge < -0.3 is 10.1 Å². The molecule has 1 fully saturated rings. The van der Waals surface area contributed by atoms with Crippen LogP contribution >= 0.6 is 23.2 Å². The molecule has 1 aromatic rings. The summed E-state index contributed by atoms with van der Waals surface area (Å²) in [5.41, 5.74) is 0.173. The number of aromatic nitrogens is 1. The molecule has 4 nitrogen and oxygen atoms in total. The molecule has 1 unspecified atom stereocenters. The monoisotopic (exact) mass is 288 g/mol. The van der Waals surface area contributed by atoms with Crippen molar-refractivity contribution in [1.29, 1.82) is 0 Å². The Morgan fingerprint density at radius 2 is 2.33 bits per heavy atom. The quantitative estimate of drug-likeness (QED) is 0.867.